The highest BCUT2D eigenvalue weighted by Gasteiger charge is 2.18. The molecule has 18 heavy (non-hydrogen) atoms. The van der Waals surface area contributed by atoms with Gasteiger partial charge in [0, 0.05) is 18.9 Å². The van der Waals surface area contributed by atoms with E-state index in [1.54, 1.807) is 0 Å². The first-order valence-electron chi connectivity index (χ1n) is 7.14. The van der Waals surface area contributed by atoms with Gasteiger partial charge in [-0.05, 0) is 76.0 Å². The van der Waals surface area contributed by atoms with Crippen molar-refractivity contribution in [3.05, 3.63) is 30.1 Å². The molecule has 0 amide bonds. The van der Waals surface area contributed by atoms with Crippen LogP contribution in [0.25, 0.3) is 0 Å². The Kier molecular flexibility index (Phi) is 5.62. The highest BCUT2D eigenvalue weighted by atomic mass is 15.1. The van der Waals surface area contributed by atoms with Crippen LogP contribution >= 0.6 is 0 Å². The number of nitrogens with one attached hydrogen (secondary N) is 1. The molecule has 1 saturated heterocycles. The summed E-state index contributed by atoms with van der Waals surface area (Å²) in [7, 11) is 2.05. The molecule has 0 aliphatic carbocycles. The molecule has 0 radical (unpaired) electrons. The van der Waals surface area contributed by atoms with Crippen molar-refractivity contribution in [1.29, 1.82) is 0 Å². The summed E-state index contributed by atoms with van der Waals surface area (Å²) in [5.74, 6) is 0.939. The molecule has 0 unspecified atom stereocenters. The van der Waals surface area contributed by atoms with Crippen molar-refractivity contribution in [3.8, 4) is 0 Å². The van der Waals surface area contributed by atoms with Gasteiger partial charge < -0.3 is 10.2 Å². The molecule has 0 aromatic carbocycles. The third kappa shape index (κ3) is 4.39. The number of piperidine rings is 1. The first-order chi connectivity index (χ1) is 8.88. The Balaban J connectivity index is 1.65. The lowest BCUT2D eigenvalue weighted by molar-refractivity contribution is 0.181. The van der Waals surface area contributed by atoms with Crippen LogP contribution in [-0.4, -0.2) is 43.1 Å². The largest absolute Gasteiger partial charge is 0.320 e. The Morgan fingerprint density at radius 3 is 2.67 bits per heavy atom. The van der Waals surface area contributed by atoms with E-state index in [0.29, 0.717) is 0 Å². The molecule has 1 aliphatic heterocycles. The van der Waals surface area contributed by atoms with Crippen molar-refractivity contribution in [2.45, 2.75) is 25.7 Å². The lowest BCUT2D eigenvalue weighted by atomic mass is 9.93. The second kappa shape index (κ2) is 7.49. The summed E-state index contributed by atoms with van der Waals surface area (Å²) in [6, 6.07) is 4.25. The number of pyridine rings is 1. The van der Waals surface area contributed by atoms with Crippen LogP contribution in [0, 0.1) is 5.92 Å². The standard InChI is InChI=1S/C15H25N3/c1-16-8-2-15-6-12-18(13-7-15)11-5-14-3-9-17-10-4-14/h3-4,9-10,15-16H,2,5-8,11-13H2,1H3. The van der Waals surface area contributed by atoms with Gasteiger partial charge in [0.2, 0.25) is 0 Å². The topological polar surface area (TPSA) is 28.2 Å². The Bertz CT molecular complexity index is 318. The third-order valence-electron chi connectivity index (χ3n) is 3.98. The maximum atomic E-state index is 4.06. The van der Waals surface area contributed by atoms with Gasteiger partial charge in [-0.3, -0.25) is 4.98 Å². The lowest BCUT2D eigenvalue weighted by Gasteiger charge is -2.32. The Morgan fingerprint density at radius 1 is 1.28 bits per heavy atom. The van der Waals surface area contributed by atoms with E-state index in [-0.39, 0.29) is 0 Å². The van der Waals surface area contributed by atoms with E-state index in [0.717, 1.165) is 12.3 Å². The Labute approximate surface area is 111 Å². The third-order valence-corrected chi connectivity index (χ3v) is 3.98. The van der Waals surface area contributed by atoms with Crippen molar-refractivity contribution in [2.24, 2.45) is 5.92 Å². The van der Waals surface area contributed by atoms with Gasteiger partial charge in [0.25, 0.3) is 0 Å². The zero-order chi connectivity index (χ0) is 12.6. The summed E-state index contributed by atoms with van der Waals surface area (Å²) >= 11 is 0. The number of rotatable bonds is 6. The molecular formula is C15H25N3. The van der Waals surface area contributed by atoms with Gasteiger partial charge in [0.1, 0.15) is 0 Å². The van der Waals surface area contributed by atoms with Crippen molar-refractivity contribution >= 4 is 0 Å². The van der Waals surface area contributed by atoms with Gasteiger partial charge in [-0.1, -0.05) is 0 Å². The number of likely N-dealkylation sites (tertiary alicyclic amines) is 1. The molecule has 100 valence electrons. The number of nitrogens with zero attached hydrogens (tertiary/aromatic N) is 2. The van der Waals surface area contributed by atoms with E-state index in [4.69, 9.17) is 0 Å². The van der Waals surface area contributed by atoms with Crippen molar-refractivity contribution in [3.63, 3.8) is 0 Å². The molecular weight excluding hydrogens is 222 g/mol. The number of aromatic nitrogens is 1. The van der Waals surface area contributed by atoms with Gasteiger partial charge in [0.15, 0.2) is 0 Å². The van der Waals surface area contributed by atoms with E-state index in [9.17, 15) is 0 Å². The normalized spacial score (nSPS) is 18.1. The van der Waals surface area contributed by atoms with Crippen LogP contribution in [0.4, 0.5) is 0 Å². The molecule has 1 aromatic rings. The van der Waals surface area contributed by atoms with E-state index < -0.39 is 0 Å². The molecule has 3 heteroatoms. The number of hydrogen-bond donors (Lipinski definition) is 1. The molecule has 1 aromatic heterocycles. The van der Waals surface area contributed by atoms with Crippen LogP contribution in [0.2, 0.25) is 0 Å². The smallest absolute Gasteiger partial charge is 0.0270 e. The summed E-state index contributed by atoms with van der Waals surface area (Å²) in [5.41, 5.74) is 1.40. The molecule has 0 saturated carbocycles. The molecule has 0 spiro atoms. The van der Waals surface area contributed by atoms with Gasteiger partial charge in [-0.25, -0.2) is 0 Å². The molecule has 1 fully saturated rings. The van der Waals surface area contributed by atoms with E-state index in [1.165, 1.54) is 51.0 Å². The Morgan fingerprint density at radius 2 is 2.00 bits per heavy atom. The quantitative estimate of drug-likeness (QED) is 0.833. The summed E-state index contributed by atoms with van der Waals surface area (Å²) < 4.78 is 0. The molecule has 0 atom stereocenters. The van der Waals surface area contributed by atoms with Crippen LogP contribution in [0.15, 0.2) is 24.5 Å². The van der Waals surface area contributed by atoms with Crippen molar-refractivity contribution < 1.29 is 0 Å². The molecule has 0 bridgehead atoms. The first kappa shape index (κ1) is 13.5. The highest BCUT2D eigenvalue weighted by molar-refractivity contribution is 5.09. The minimum atomic E-state index is 0.939. The van der Waals surface area contributed by atoms with Gasteiger partial charge in [-0.2, -0.15) is 0 Å². The first-order valence-corrected chi connectivity index (χ1v) is 7.14. The van der Waals surface area contributed by atoms with Crippen LogP contribution in [0.5, 0.6) is 0 Å². The van der Waals surface area contributed by atoms with Gasteiger partial charge >= 0.3 is 0 Å². The maximum Gasteiger partial charge on any atom is 0.0270 e. The van der Waals surface area contributed by atoms with E-state index in [2.05, 4.69) is 27.3 Å². The highest BCUT2D eigenvalue weighted by Crippen LogP contribution is 2.20. The molecule has 3 nitrogen and oxygen atoms in total. The predicted molar refractivity (Wildman–Crippen MR) is 75.6 cm³/mol. The monoisotopic (exact) mass is 247 g/mol. The summed E-state index contributed by atoms with van der Waals surface area (Å²) in [5, 5.41) is 3.25. The van der Waals surface area contributed by atoms with Crippen molar-refractivity contribution in [2.75, 3.05) is 33.2 Å². The van der Waals surface area contributed by atoms with Crippen LogP contribution in [0.1, 0.15) is 24.8 Å². The maximum absolute atomic E-state index is 4.06. The zero-order valence-corrected chi connectivity index (χ0v) is 11.4. The number of hydrogen-bond acceptors (Lipinski definition) is 3. The fourth-order valence-electron chi connectivity index (χ4n) is 2.68. The van der Waals surface area contributed by atoms with E-state index in [1.807, 2.05) is 19.4 Å². The fraction of sp³-hybridized carbons (Fsp3) is 0.667. The summed E-state index contributed by atoms with van der Waals surface area (Å²) in [6.07, 6.45) is 9.02. The lowest BCUT2D eigenvalue weighted by Crippen LogP contribution is -2.35. The minimum absolute atomic E-state index is 0.939. The van der Waals surface area contributed by atoms with Gasteiger partial charge in [0.05, 0.1) is 0 Å². The van der Waals surface area contributed by atoms with E-state index >= 15 is 0 Å². The van der Waals surface area contributed by atoms with Crippen LogP contribution in [0.3, 0.4) is 0 Å². The molecule has 1 N–H and O–H groups in total. The fourth-order valence-corrected chi connectivity index (χ4v) is 2.68. The van der Waals surface area contributed by atoms with Crippen LogP contribution in [-0.2, 0) is 6.42 Å². The van der Waals surface area contributed by atoms with Crippen molar-refractivity contribution in [1.82, 2.24) is 15.2 Å². The minimum Gasteiger partial charge on any atom is -0.320 e. The molecule has 1 aliphatic rings. The second-order valence-electron chi connectivity index (χ2n) is 5.28. The molecule has 2 heterocycles. The SMILES string of the molecule is CNCCC1CCN(CCc2ccncc2)CC1. The predicted octanol–water partition coefficient (Wildman–Crippen LogP) is 1.95. The summed E-state index contributed by atoms with van der Waals surface area (Å²) in [4.78, 5) is 6.67. The second-order valence-corrected chi connectivity index (χ2v) is 5.28. The van der Waals surface area contributed by atoms with Crippen LogP contribution < -0.4 is 5.32 Å². The zero-order valence-electron chi connectivity index (χ0n) is 11.4. The average molecular weight is 247 g/mol. The summed E-state index contributed by atoms with van der Waals surface area (Å²) in [6.45, 7) is 4.92. The van der Waals surface area contributed by atoms with Gasteiger partial charge in [-0.15, -0.1) is 0 Å². The molecule has 2 rings (SSSR count). The average Bonchev–Trinajstić information content (AvgIpc) is 2.45. The Hall–Kier alpha value is -0.930.